The number of carbonyl (C=O) groups is 2. The highest BCUT2D eigenvalue weighted by Crippen LogP contribution is 2.23. The molecule has 10 heteroatoms. The summed E-state index contributed by atoms with van der Waals surface area (Å²) in [6.45, 7) is 0.885. The van der Waals surface area contributed by atoms with Gasteiger partial charge in [-0.2, -0.15) is 0 Å². The van der Waals surface area contributed by atoms with E-state index in [0.29, 0.717) is 6.42 Å². The van der Waals surface area contributed by atoms with Crippen LogP contribution < -0.4 is 0 Å². The topological polar surface area (TPSA) is 163 Å². The lowest BCUT2D eigenvalue weighted by molar-refractivity contribution is -0.301. The van der Waals surface area contributed by atoms with Crippen LogP contribution in [0.4, 0.5) is 0 Å². The average molecular weight is 428 g/mol. The maximum absolute atomic E-state index is 11.9. The van der Waals surface area contributed by atoms with Gasteiger partial charge in [0.2, 0.25) is 0 Å². The second kappa shape index (κ2) is 10.8. The number of hydrogen-bond donors (Lipinski definition) is 5. The van der Waals surface area contributed by atoms with Crippen molar-refractivity contribution in [1.82, 2.24) is 0 Å². The first kappa shape index (κ1) is 24.2. The molecule has 1 aliphatic heterocycles. The number of ether oxygens (including phenoxy) is 3. The maximum atomic E-state index is 11.9. The van der Waals surface area contributed by atoms with E-state index in [1.165, 1.54) is 6.92 Å². The molecule has 2 rings (SSSR count). The molecule has 30 heavy (non-hydrogen) atoms. The second-order valence-electron chi connectivity index (χ2n) is 7.55. The summed E-state index contributed by atoms with van der Waals surface area (Å²) in [5, 5.41) is 48.8. The number of rotatable bonds is 10. The van der Waals surface area contributed by atoms with Crippen LogP contribution >= 0.6 is 0 Å². The van der Waals surface area contributed by atoms with E-state index < -0.39 is 67.7 Å². The van der Waals surface area contributed by atoms with Gasteiger partial charge in [0.25, 0.3) is 0 Å². The summed E-state index contributed by atoms with van der Waals surface area (Å²) >= 11 is 0. The molecule has 10 nitrogen and oxygen atoms in total. The molecule has 0 aromatic heterocycles. The number of aliphatic hydroxyl groups is 4. The normalized spacial score (nSPS) is 28.5. The number of benzene rings is 1. The molecule has 6 atom stereocenters. The van der Waals surface area contributed by atoms with E-state index in [1.807, 2.05) is 30.3 Å². The fourth-order valence-corrected chi connectivity index (χ4v) is 3.05. The molecule has 0 amide bonds. The van der Waals surface area contributed by atoms with Crippen LogP contribution in [0.3, 0.4) is 0 Å². The van der Waals surface area contributed by atoms with Crippen LogP contribution in [0.5, 0.6) is 0 Å². The minimum Gasteiger partial charge on any atom is -0.481 e. The molecule has 168 valence electrons. The quantitative estimate of drug-likeness (QED) is 0.299. The SMILES string of the molecule is CC(O)(CC(=O)O)CC(=O)OCC1OC(OCCc2ccccc2)C(O)C(O)C1O. The second-order valence-corrected chi connectivity index (χ2v) is 7.55. The summed E-state index contributed by atoms with van der Waals surface area (Å²) in [6, 6.07) is 9.44. The number of carbonyl (C=O) groups excluding carboxylic acids is 1. The summed E-state index contributed by atoms with van der Waals surface area (Å²) in [7, 11) is 0. The highest BCUT2D eigenvalue weighted by molar-refractivity contribution is 5.73. The molecule has 1 aromatic rings. The average Bonchev–Trinajstić information content (AvgIpc) is 2.66. The summed E-state index contributed by atoms with van der Waals surface area (Å²) in [5.41, 5.74) is -0.796. The van der Waals surface area contributed by atoms with E-state index in [9.17, 15) is 30.0 Å². The Morgan fingerprint density at radius 1 is 1.07 bits per heavy atom. The number of carboxylic acids is 1. The molecule has 1 saturated heterocycles. The van der Waals surface area contributed by atoms with Gasteiger partial charge < -0.3 is 39.7 Å². The summed E-state index contributed by atoms with van der Waals surface area (Å²) in [4.78, 5) is 22.6. The Morgan fingerprint density at radius 2 is 1.73 bits per heavy atom. The molecular weight excluding hydrogens is 400 g/mol. The van der Waals surface area contributed by atoms with E-state index in [2.05, 4.69) is 0 Å². The largest absolute Gasteiger partial charge is 0.481 e. The van der Waals surface area contributed by atoms with Gasteiger partial charge in [0, 0.05) is 0 Å². The van der Waals surface area contributed by atoms with Gasteiger partial charge in [0.1, 0.15) is 31.0 Å². The van der Waals surface area contributed by atoms with Crippen molar-refractivity contribution in [3.05, 3.63) is 35.9 Å². The van der Waals surface area contributed by atoms with Crippen LogP contribution in [0.2, 0.25) is 0 Å². The van der Waals surface area contributed by atoms with Crippen LogP contribution in [0.25, 0.3) is 0 Å². The monoisotopic (exact) mass is 428 g/mol. The molecule has 0 bridgehead atoms. The zero-order valence-electron chi connectivity index (χ0n) is 16.6. The Balaban J connectivity index is 1.85. The highest BCUT2D eigenvalue weighted by Gasteiger charge is 2.45. The lowest BCUT2D eigenvalue weighted by atomic mass is 9.98. The van der Waals surface area contributed by atoms with Gasteiger partial charge in [-0.3, -0.25) is 9.59 Å². The lowest BCUT2D eigenvalue weighted by Gasteiger charge is -2.40. The zero-order valence-corrected chi connectivity index (χ0v) is 16.6. The van der Waals surface area contributed by atoms with E-state index in [1.54, 1.807) is 0 Å². The molecule has 0 aliphatic carbocycles. The molecule has 6 unspecified atom stereocenters. The molecule has 1 heterocycles. The number of carboxylic acid groups (broad SMARTS) is 1. The lowest BCUT2D eigenvalue weighted by Crippen LogP contribution is -2.59. The van der Waals surface area contributed by atoms with Gasteiger partial charge in [-0.05, 0) is 18.9 Å². The Hall–Kier alpha value is -2.08. The molecule has 0 saturated carbocycles. The van der Waals surface area contributed by atoms with Gasteiger partial charge >= 0.3 is 11.9 Å². The van der Waals surface area contributed by atoms with Gasteiger partial charge in [0.05, 0.1) is 25.0 Å². The van der Waals surface area contributed by atoms with E-state index in [0.717, 1.165) is 5.56 Å². The van der Waals surface area contributed by atoms with Crippen molar-refractivity contribution in [3.63, 3.8) is 0 Å². The molecule has 1 aromatic carbocycles. The van der Waals surface area contributed by atoms with E-state index >= 15 is 0 Å². The smallest absolute Gasteiger partial charge is 0.308 e. The first-order valence-electron chi connectivity index (χ1n) is 9.54. The number of aliphatic carboxylic acids is 1. The molecule has 1 fully saturated rings. The molecule has 0 spiro atoms. The summed E-state index contributed by atoms with van der Waals surface area (Å²) < 4.78 is 15.9. The van der Waals surface area contributed by atoms with Crippen LogP contribution in [0, 0.1) is 0 Å². The maximum Gasteiger partial charge on any atom is 0.308 e. The summed E-state index contributed by atoms with van der Waals surface area (Å²) in [5.74, 6) is -2.18. The van der Waals surface area contributed by atoms with Crippen molar-refractivity contribution >= 4 is 11.9 Å². The Labute approximate surface area is 173 Å². The van der Waals surface area contributed by atoms with E-state index in [-0.39, 0.29) is 6.61 Å². The van der Waals surface area contributed by atoms with Crippen LogP contribution in [-0.2, 0) is 30.2 Å². The van der Waals surface area contributed by atoms with Gasteiger partial charge in [-0.15, -0.1) is 0 Å². The molecule has 5 N–H and O–H groups in total. The minimum atomic E-state index is -1.80. The van der Waals surface area contributed by atoms with Gasteiger partial charge in [-0.1, -0.05) is 30.3 Å². The minimum absolute atomic E-state index is 0.180. The van der Waals surface area contributed by atoms with Crippen molar-refractivity contribution in [2.75, 3.05) is 13.2 Å². The highest BCUT2D eigenvalue weighted by atomic mass is 16.7. The third kappa shape index (κ3) is 7.31. The standard InChI is InChI=1S/C20H28O10/c1-20(27,9-14(21)22)10-15(23)29-11-13-16(24)17(25)18(26)19(30-13)28-8-7-12-5-3-2-4-6-12/h2-6,13,16-19,24-27H,7-11H2,1H3,(H,21,22). The van der Waals surface area contributed by atoms with Crippen LogP contribution in [0.1, 0.15) is 25.3 Å². The first-order chi connectivity index (χ1) is 14.1. The third-order valence-corrected chi connectivity index (χ3v) is 4.65. The number of aliphatic hydroxyl groups excluding tert-OH is 3. The van der Waals surface area contributed by atoms with Crippen molar-refractivity contribution in [3.8, 4) is 0 Å². The van der Waals surface area contributed by atoms with E-state index in [4.69, 9.17) is 19.3 Å². The Kier molecular flexibility index (Phi) is 8.71. The predicted molar refractivity (Wildman–Crippen MR) is 101 cm³/mol. The zero-order chi connectivity index (χ0) is 22.3. The molecular formula is C20H28O10. The van der Waals surface area contributed by atoms with Gasteiger partial charge in [0.15, 0.2) is 6.29 Å². The first-order valence-corrected chi connectivity index (χ1v) is 9.54. The Bertz CT molecular complexity index is 692. The van der Waals surface area contributed by atoms with Crippen molar-refractivity contribution in [2.45, 2.75) is 62.5 Å². The molecule has 0 radical (unpaired) electrons. The van der Waals surface area contributed by atoms with Crippen LogP contribution in [0.15, 0.2) is 30.3 Å². The fraction of sp³-hybridized carbons (Fsp3) is 0.600. The van der Waals surface area contributed by atoms with Crippen LogP contribution in [-0.4, -0.2) is 87.0 Å². The van der Waals surface area contributed by atoms with Gasteiger partial charge in [-0.25, -0.2) is 0 Å². The number of esters is 1. The molecule has 1 aliphatic rings. The van der Waals surface area contributed by atoms with Crippen molar-refractivity contribution in [1.29, 1.82) is 0 Å². The third-order valence-electron chi connectivity index (χ3n) is 4.65. The van der Waals surface area contributed by atoms with Crippen molar-refractivity contribution < 1.29 is 49.3 Å². The van der Waals surface area contributed by atoms with Crippen molar-refractivity contribution in [2.24, 2.45) is 0 Å². The Morgan fingerprint density at radius 3 is 2.37 bits per heavy atom. The number of hydrogen-bond acceptors (Lipinski definition) is 9. The summed E-state index contributed by atoms with van der Waals surface area (Å²) in [6.07, 6.45) is -7.74. The fourth-order valence-electron chi connectivity index (χ4n) is 3.05. The predicted octanol–water partition coefficient (Wildman–Crippen LogP) is -0.788.